The minimum atomic E-state index is -3.62. The van der Waals surface area contributed by atoms with Gasteiger partial charge in [-0.25, -0.2) is 13.1 Å². The van der Waals surface area contributed by atoms with Crippen LogP contribution in [-0.4, -0.2) is 15.5 Å². The number of sulfonamides is 1. The minimum absolute atomic E-state index is 0.175. The first-order valence-corrected chi connectivity index (χ1v) is 9.41. The predicted molar refractivity (Wildman–Crippen MR) is 88.8 cm³/mol. The lowest BCUT2D eigenvalue weighted by Gasteiger charge is -2.14. The first-order chi connectivity index (χ1) is 9.83. The van der Waals surface area contributed by atoms with Crippen molar-refractivity contribution in [3.63, 3.8) is 0 Å². The molecule has 1 aromatic carbocycles. The van der Waals surface area contributed by atoms with Crippen molar-refractivity contribution >= 4 is 48.9 Å². The van der Waals surface area contributed by atoms with Gasteiger partial charge in [0, 0.05) is 10.5 Å². The lowest BCUT2D eigenvalue weighted by Crippen LogP contribution is -2.26. The standard InChI is InChI=1S/C13H13BrClNO3S2/c1-8(9-4-3-5-10(6-9)19-2)16-21(17,18)12-7-11(14)13(15)20-12/h3-8,16H,1-2H3. The zero-order valence-corrected chi connectivity index (χ0v) is 15.2. The van der Waals surface area contributed by atoms with E-state index in [-0.39, 0.29) is 10.3 Å². The molecule has 2 aromatic rings. The summed E-state index contributed by atoms with van der Waals surface area (Å²) >= 11 is 10.1. The second-order valence-electron chi connectivity index (χ2n) is 4.31. The van der Waals surface area contributed by atoms with Crippen molar-refractivity contribution in [2.24, 2.45) is 0 Å². The summed E-state index contributed by atoms with van der Waals surface area (Å²) in [5, 5.41) is 0. The maximum Gasteiger partial charge on any atom is 0.250 e. The van der Waals surface area contributed by atoms with E-state index in [1.165, 1.54) is 6.07 Å². The molecule has 0 saturated heterocycles. The van der Waals surface area contributed by atoms with Gasteiger partial charge in [0.1, 0.15) is 14.3 Å². The smallest absolute Gasteiger partial charge is 0.250 e. The largest absolute Gasteiger partial charge is 0.497 e. The fourth-order valence-electron chi connectivity index (χ4n) is 1.73. The van der Waals surface area contributed by atoms with Crippen molar-refractivity contribution < 1.29 is 13.2 Å². The topological polar surface area (TPSA) is 55.4 Å². The fourth-order valence-corrected chi connectivity index (χ4v) is 5.28. The second-order valence-corrected chi connectivity index (χ2v) is 8.76. The third kappa shape index (κ3) is 3.98. The van der Waals surface area contributed by atoms with Gasteiger partial charge in [-0.3, -0.25) is 0 Å². The number of methoxy groups -OCH3 is 1. The third-order valence-electron chi connectivity index (χ3n) is 2.81. The van der Waals surface area contributed by atoms with E-state index in [1.807, 2.05) is 12.1 Å². The average molecular weight is 411 g/mol. The minimum Gasteiger partial charge on any atom is -0.497 e. The Labute approximate surface area is 141 Å². The molecule has 0 aliphatic carbocycles. The Balaban J connectivity index is 2.23. The third-order valence-corrected chi connectivity index (χ3v) is 7.30. The van der Waals surface area contributed by atoms with Crippen molar-refractivity contribution in [2.75, 3.05) is 7.11 Å². The van der Waals surface area contributed by atoms with Gasteiger partial charge in [-0.1, -0.05) is 23.7 Å². The Kier molecular flexibility index (Phi) is 5.32. The van der Waals surface area contributed by atoms with Crippen LogP contribution < -0.4 is 9.46 Å². The van der Waals surface area contributed by atoms with Crippen LogP contribution in [0.1, 0.15) is 18.5 Å². The summed E-state index contributed by atoms with van der Waals surface area (Å²) in [5.74, 6) is 0.681. The van der Waals surface area contributed by atoms with Crippen molar-refractivity contribution in [3.05, 3.63) is 44.7 Å². The van der Waals surface area contributed by atoms with Gasteiger partial charge < -0.3 is 4.74 Å². The molecule has 0 saturated carbocycles. The van der Waals surface area contributed by atoms with Gasteiger partial charge in [-0.05, 0) is 46.6 Å². The molecule has 1 N–H and O–H groups in total. The highest BCUT2D eigenvalue weighted by molar-refractivity contribution is 9.10. The zero-order chi connectivity index (χ0) is 15.6. The van der Waals surface area contributed by atoms with Crippen molar-refractivity contribution in [1.29, 1.82) is 0 Å². The fraction of sp³-hybridized carbons (Fsp3) is 0.231. The molecule has 1 aromatic heterocycles. The molecule has 0 spiro atoms. The molecule has 0 bridgehead atoms. The molecule has 1 unspecified atom stereocenters. The van der Waals surface area contributed by atoms with Crippen LogP contribution in [0.2, 0.25) is 4.34 Å². The van der Waals surface area contributed by atoms with E-state index < -0.39 is 10.0 Å². The molecule has 8 heteroatoms. The lowest BCUT2D eigenvalue weighted by molar-refractivity contribution is 0.413. The summed E-state index contributed by atoms with van der Waals surface area (Å²) in [6, 6.07) is 8.37. The van der Waals surface area contributed by atoms with Gasteiger partial charge in [0.2, 0.25) is 0 Å². The molecule has 1 atom stereocenters. The Morgan fingerprint density at radius 2 is 2.10 bits per heavy atom. The molecule has 4 nitrogen and oxygen atoms in total. The normalized spacial score (nSPS) is 13.1. The number of thiophene rings is 1. The number of hydrogen-bond donors (Lipinski definition) is 1. The van der Waals surface area contributed by atoms with Gasteiger partial charge >= 0.3 is 0 Å². The highest BCUT2D eigenvalue weighted by atomic mass is 79.9. The van der Waals surface area contributed by atoms with Gasteiger partial charge in [0.25, 0.3) is 10.0 Å². The predicted octanol–water partition coefficient (Wildman–Crippen LogP) is 4.21. The molecule has 0 amide bonds. The molecule has 0 radical (unpaired) electrons. The van der Waals surface area contributed by atoms with Gasteiger partial charge in [-0.2, -0.15) is 0 Å². The van der Waals surface area contributed by atoms with Crippen LogP contribution in [0.3, 0.4) is 0 Å². The van der Waals surface area contributed by atoms with Crippen molar-refractivity contribution in [3.8, 4) is 5.75 Å². The molecular formula is C13H13BrClNO3S2. The van der Waals surface area contributed by atoms with Crippen molar-refractivity contribution in [1.82, 2.24) is 4.72 Å². The van der Waals surface area contributed by atoms with Gasteiger partial charge in [0.05, 0.1) is 7.11 Å². The summed E-state index contributed by atoms with van der Waals surface area (Å²) < 4.78 is 33.6. The Hall–Kier alpha value is -0.600. The maximum absolute atomic E-state index is 12.3. The highest BCUT2D eigenvalue weighted by Gasteiger charge is 2.22. The number of rotatable bonds is 5. The SMILES string of the molecule is COc1cccc(C(C)NS(=O)(=O)c2cc(Br)c(Cl)s2)c1. The van der Waals surface area contributed by atoms with Crippen LogP contribution in [0.15, 0.2) is 39.0 Å². The lowest BCUT2D eigenvalue weighted by atomic mass is 10.1. The zero-order valence-electron chi connectivity index (χ0n) is 11.3. The summed E-state index contributed by atoms with van der Waals surface area (Å²) in [6.07, 6.45) is 0. The summed E-state index contributed by atoms with van der Waals surface area (Å²) in [6.45, 7) is 1.77. The van der Waals surface area contributed by atoms with Crippen LogP contribution in [0, 0.1) is 0 Å². The van der Waals surface area contributed by atoms with E-state index in [9.17, 15) is 8.42 Å². The molecular weight excluding hydrogens is 398 g/mol. The van der Waals surface area contributed by atoms with E-state index in [1.54, 1.807) is 26.2 Å². The Bertz CT molecular complexity index is 726. The summed E-state index contributed by atoms with van der Waals surface area (Å²) in [7, 11) is -2.05. The average Bonchev–Trinajstić information content (AvgIpc) is 2.79. The van der Waals surface area contributed by atoms with Gasteiger partial charge in [0.15, 0.2) is 0 Å². The Morgan fingerprint density at radius 3 is 2.67 bits per heavy atom. The van der Waals surface area contributed by atoms with Crippen LogP contribution in [0.4, 0.5) is 0 Å². The van der Waals surface area contributed by atoms with E-state index in [2.05, 4.69) is 20.7 Å². The van der Waals surface area contributed by atoms with Crippen LogP contribution in [0.5, 0.6) is 5.75 Å². The Morgan fingerprint density at radius 1 is 1.38 bits per heavy atom. The first-order valence-electron chi connectivity index (χ1n) is 5.94. The van der Waals surface area contributed by atoms with Crippen molar-refractivity contribution in [2.45, 2.75) is 17.2 Å². The van der Waals surface area contributed by atoms with Crippen LogP contribution in [0.25, 0.3) is 0 Å². The van der Waals surface area contributed by atoms with E-state index in [0.29, 0.717) is 14.6 Å². The van der Waals surface area contributed by atoms with E-state index in [0.717, 1.165) is 16.9 Å². The summed E-state index contributed by atoms with van der Waals surface area (Å²) in [4.78, 5) is 0. The number of nitrogens with one attached hydrogen (secondary N) is 1. The van der Waals surface area contributed by atoms with Gasteiger partial charge in [-0.15, -0.1) is 11.3 Å². The molecule has 114 valence electrons. The molecule has 0 fully saturated rings. The monoisotopic (exact) mass is 409 g/mol. The highest BCUT2D eigenvalue weighted by Crippen LogP contribution is 2.35. The molecule has 0 aliphatic rings. The second kappa shape index (κ2) is 6.66. The first kappa shape index (κ1) is 16.8. The summed E-state index contributed by atoms with van der Waals surface area (Å²) in [5.41, 5.74) is 0.819. The van der Waals surface area contributed by atoms with Crippen LogP contribution >= 0.6 is 38.9 Å². The number of halogens is 2. The maximum atomic E-state index is 12.3. The van der Waals surface area contributed by atoms with E-state index >= 15 is 0 Å². The number of ether oxygens (including phenoxy) is 1. The van der Waals surface area contributed by atoms with E-state index in [4.69, 9.17) is 16.3 Å². The molecule has 21 heavy (non-hydrogen) atoms. The molecule has 0 aliphatic heterocycles. The van der Waals surface area contributed by atoms with Crippen LogP contribution in [-0.2, 0) is 10.0 Å². The number of benzene rings is 1. The number of hydrogen-bond acceptors (Lipinski definition) is 4. The quantitative estimate of drug-likeness (QED) is 0.803. The molecule has 1 heterocycles. The molecule has 2 rings (SSSR count).